The molecule has 0 heterocycles. The third-order valence-electron chi connectivity index (χ3n) is 4.57. The van der Waals surface area contributed by atoms with E-state index in [4.69, 9.17) is 4.74 Å². The van der Waals surface area contributed by atoms with Crippen molar-refractivity contribution in [1.29, 1.82) is 0 Å². The van der Waals surface area contributed by atoms with Crippen LogP contribution in [0.5, 0.6) is 5.75 Å². The number of hydrogen-bond acceptors (Lipinski definition) is 4. The van der Waals surface area contributed by atoms with Crippen molar-refractivity contribution >= 4 is 44.8 Å². The number of ether oxygens (including phenoxy) is 1. The molecule has 0 atom stereocenters. The summed E-state index contributed by atoms with van der Waals surface area (Å²) in [6.07, 6.45) is 1.44. The zero-order valence-electron chi connectivity index (χ0n) is 16.3. The van der Waals surface area contributed by atoms with Crippen LogP contribution < -0.4 is 10.2 Å². The maximum atomic E-state index is 12.5. The van der Waals surface area contributed by atoms with Gasteiger partial charge in [-0.05, 0) is 53.2 Å². The van der Waals surface area contributed by atoms with Gasteiger partial charge in [0.15, 0.2) is 0 Å². The summed E-state index contributed by atoms with van der Waals surface area (Å²) in [7, 11) is 0. The van der Waals surface area contributed by atoms with Gasteiger partial charge in [-0.15, -0.1) is 0 Å². The molecule has 0 spiro atoms. The molecule has 4 aromatic rings. The van der Waals surface area contributed by atoms with E-state index in [-0.39, 0.29) is 5.91 Å². The maximum absolute atomic E-state index is 12.5. The third kappa shape index (κ3) is 5.05. The fourth-order valence-electron chi connectivity index (χ4n) is 3.00. The molecule has 4 aromatic carbocycles. The molecule has 1 N–H and O–H groups in total. The number of carbonyl (C=O) groups is 2. The second-order valence-corrected chi connectivity index (χ2v) is 7.61. The Labute approximate surface area is 187 Å². The van der Waals surface area contributed by atoms with Crippen LogP contribution >= 0.6 is 15.9 Å². The van der Waals surface area contributed by atoms with Crippen molar-refractivity contribution in [2.24, 2.45) is 5.10 Å². The Morgan fingerprint density at radius 3 is 2.35 bits per heavy atom. The van der Waals surface area contributed by atoms with Crippen LogP contribution in [-0.2, 0) is 0 Å². The first-order chi connectivity index (χ1) is 15.1. The number of amides is 1. The first kappa shape index (κ1) is 20.5. The van der Waals surface area contributed by atoms with E-state index >= 15 is 0 Å². The Balaban J connectivity index is 1.49. The minimum Gasteiger partial charge on any atom is -0.422 e. The predicted octanol–water partition coefficient (Wildman–Crippen LogP) is 5.59. The molecule has 0 fully saturated rings. The average molecular weight is 473 g/mol. The zero-order chi connectivity index (χ0) is 21.6. The molecule has 0 saturated carbocycles. The summed E-state index contributed by atoms with van der Waals surface area (Å²) in [6.45, 7) is 0. The summed E-state index contributed by atoms with van der Waals surface area (Å²) in [6, 6.07) is 27.2. The van der Waals surface area contributed by atoms with Crippen molar-refractivity contribution in [2.75, 3.05) is 0 Å². The topological polar surface area (TPSA) is 67.8 Å². The Morgan fingerprint density at radius 1 is 0.806 bits per heavy atom. The number of rotatable bonds is 5. The number of carbonyl (C=O) groups excluding carboxylic acids is 2. The van der Waals surface area contributed by atoms with E-state index in [0.717, 1.165) is 15.2 Å². The molecule has 0 aliphatic carbocycles. The van der Waals surface area contributed by atoms with Crippen LogP contribution in [-0.4, -0.2) is 18.1 Å². The molecule has 0 unspecified atom stereocenters. The van der Waals surface area contributed by atoms with E-state index in [9.17, 15) is 9.59 Å². The highest BCUT2D eigenvalue weighted by Crippen LogP contribution is 2.23. The molecule has 152 valence electrons. The number of nitrogens with one attached hydrogen (secondary N) is 1. The maximum Gasteiger partial charge on any atom is 0.343 e. The van der Waals surface area contributed by atoms with Crippen LogP contribution in [0.25, 0.3) is 10.8 Å². The van der Waals surface area contributed by atoms with Crippen LogP contribution in [0.3, 0.4) is 0 Å². The lowest BCUT2D eigenvalue weighted by molar-refractivity contribution is 0.0734. The highest BCUT2D eigenvalue weighted by atomic mass is 79.9. The number of hydrazone groups is 1. The average Bonchev–Trinajstić information content (AvgIpc) is 2.81. The molecule has 0 aliphatic heterocycles. The normalized spacial score (nSPS) is 10.9. The van der Waals surface area contributed by atoms with Crippen molar-refractivity contribution in [3.63, 3.8) is 0 Å². The highest BCUT2D eigenvalue weighted by Gasteiger charge is 2.11. The van der Waals surface area contributed by atoms with E-state index in [1.165, 1.54) is 6.21 Å². The minimum atomic E-state index is -0.474. The Hall–Kier alpha value is -3.77. The van der Waals surface area contributed by atoms with Gasteiger partial charge in [-0.25, -0.2) is 10.2 Å². The van der Waals surface area contributed by atoms with E-state index in [1.54, 1.807) is 48.5 Å². The molecule has 6 heteroatoms. The van der Waals surface area contributed by atoms with Crippen LogP contribution in [0.1, 0.15) is 26.3 Å². The highest BCUT2D eigenvalue weighted by molar-refractivity contribution is 9.10. The standard InChI is InChI=1S/C25H17BrN2O3/c26-22-12-13-23(31-25(30)18-7-2-1-3-8-18)21(15-22)16-27-28-24(29)20-11-10-17-6-4-5-9-19(17)14-20/h1-16H,(H,28,29)/b27-16-. The van der Waals surface area contributed by atoms with Gasteiger partial charge in [0.2, 0.25) is 0 Å². The Bertz CT molecular complexity index is 1290. The molecule has 4 rings (SSSR count). The van der Waals surface area contributed by atoms with E-state index < -0.39 is 5.97 Å². The second kappa shape index (κ2) is 9.36. The van der Waals surface area contributed by atoms with E-state index in [1.807, 2.05) is 42.5 Å². The third-order valence-corrected chi connectivity index (χ3v) is 5.06. The molecule has 0 radical (unpaired) electrons. The van der Waals surface area contributed by atoms with Gasteiger partial charge in [-0.2, -0.15) is 5.10 Å². The Kier molecular flexibility index (Phi) is 6.19. The van der Waals surface area contributed by atoms with Gasteiger partial charge in [-0.1, -0.05) is 64.5 Å². The van der Waals surface area contributed by atoms with Gasteiger partial charge < -0.3 is 4.74 Å². The van der Waals surface area contributed by atoms with Gasteiger partial charge in [0, 0.05) is 15.6 Å². The molecule has 0 aliphatic rings. The molecule has 5 nitrogen and oxygen atoms in total. The quantitative estimate of drug-likeness (QED) is 0.178. The lowest BCUT2D eigenvalue weighted by Crippen LogP contribution is -2.17. The number of fused-ring (bicyclic) bond motifs is 1. The molecule has 0 bridgehead atoms. The summed E-state index contributed by atoms with van der Waals surface area (Å²) < 4.78 is 6.30. The van der Waals surface area contributed by atoms with Crippen molar-refractivity contribution in [1.82, 2.24) is 5.43 Å². The number of benzene rings is 4. The van der Waals surface area contributed by atoms with E-state index in [2.05, 4.69) is 26.5 Å². The van der Waals surface area contributed by atoms with Crippen LogP contribution in [0.2, 0.25) is 0 Å². The van der Waals surface area contributed by atoms with Crippen molar-refractivity contribution < 1.29 is 14.3 Å². The summed E-state index contributed by atoms with van der Waals surface area (Å²) in [5, 5.41) is 6.07. The molecule has 1 amide bonds. The SMILES string of the molecule is O=C(N/N=C\c1cc(Br)ccc1OC(=O)c1ccccc1)c1ccc2ccccc2c1. The zero-order valence-corrected chi connectivity index (χ0v) is 17.9. The van der Waals surface area contributed by atoms with Crippen molar-refractivity contribution in [2.45, 2.75) is 0 Å². The van der Waals surface area contributed by atoms with Crippen molar-refractivity contribution in [3.05, 3.63) is 112 Å². The lowest BCUT2D eigenvalue weighted by Gasteiger charge is -2.08. The molecule has 31 heavy (non-hydrogen) atoms. The summed E-state index contributed by atoms with van der Waals surface area (Å²) >= 11 is 3.40. The van der Waals surface area contributed by atoms with Gasteiger partial charge in [-0.3, -0.25) is 4.79 Å². The molecular formula is C25H17BrN2O3. The number of hydrogen-bond donors (Lipinski definition) is 1. The largest absolute Gasteiger partial charge is 0.422 e. The molecule has 0 aromatic heterocycles. The van der Waals surface area contributed by atoms with Gasteiger partial charge in [0.25, 0.3) is 5.91 Å². The summed E-state index contributed by atoms with van der Waals surface area (Å²) in [5.41, 5.74) is 4.00. The fraction of sp³-hybridized carbons (Fsp3) is 0. The van der Waals surface area contributed by atoms with Gasteiger partial charge in [0.05, 0.1) is 11.8 Å². The van der Waals surface area contributed by atoms with Gasteiger partial charge in [0.1, 0.15) is 5.75 Å². The minimum absolute atomic E-state index is 0.333. The summed E-state index contributed by atoms with van der Waals surface area (Å²) in [4.78, 5) is 24.9. The number of esters is 1. The monoisotopic (exact) mass is 472 g/mol. The molecule has 0 saturated heterocycles. The first-order valence-electron chi connectivity index (χ1n) is 9.49. The smallest absolute Gasteiger partial charge is 0.343 e. The fourth-order valence-corrected chi connectivity index (χ4v) is 3.38. The Morgan fingerprint density at radius 2 is 1.55 bits per heavy atom. The number of nitrogens with zero attached hydrogens (tertiary/aromatic N) is 1. The summed E-state index contributed by atoms with van der Waals surface area (Å²) in [5.74, 6) is -0.474. The van der Waals surface area contributed by atoms with Crippen LogP contribution in [0, 0.1) is 0 Å². The predicted molar refractivity (Wildman–Crippen MR) is 125 cm³/mol. The van der Waals surface area contributed by atoms with E-state index in [0.29, 0.717) is 22.4 Å². The van der Waals surface area contributed by atoms with Crippen molar-refractivity contribution in [3.8, 4) is 5.75 Å². The number of halogens is 1. The molecular weight excluding hydrogens is 456 g/mol. The van der Waals surface area contributed by atoms with Gasteiger partial charge >= 0.3 is 5.97 Å². The van der Waals surface area contributed by atoms with Crippen LogP contribution in [0.15, 0.2) is 101 Å². The second-order valence-electron chi connectivity index (χ2n) is 6.70. The lowest BCUT2D eigenvalue weighted by atomic mass is 10.1. The van der Waals surface area contributed by atoms with Crippen LogP contribution in [0.4, 0.5) is 0 Å². The first-order valence-corrected chi connectivity index (χ1v) is 10.3.